The van der Waals surface area contributed by atoms with Gasteiger partial charge in [-0.25, -0.2) is 4.79 Å². The summed E-state index contributed by atoms with van der Waals surface area (Å²) >= 11 is 0. The van der Waals surface area contributed by atoms with Crippen LogP contribution in [0.4, 0.5) is 0 Å². The molecule has 45 heteroatoms. The first kappa shape index (κ1) is 110. The van der Waals surface area contributed by atoms with Gasteiger partial charge in [-0.1, -0.05) is 93.7 Å². The van der Waals surface area contributed by atoms with Gasteiger partial charge in [0, 0.05) is 19.3 Å². The van der Waals surface area contributed by atoms with Crippen molar-refractivity contribution in [2.45, 2.75) is 431 Å². The molecular formula is C92H148O45. The van der Waals surface area contributed by atoms with Crippen LogP contribution in [0.5, 0.6) is 0 Å². The van der Waals surface area contributed by atoms with Crippen LogP contribution in [-0.4, -0.2) is 427 Å². The molecule has 50 atom stereocenters. The Morgan fingerprint density at radius 2 is 1.07 bits per heavy atom. The largest absolute Gasteiger partial charge is 0.479 e. The van der Waals surface area contributed by atoms with Gasteiger partial charge in [0.15, 0.2) is 62.3 Å². The highest BCUT2D eigenvalue weighted by atomic mass is 16.8. The van der Waals surface area contributed by atoms with Crippen LogP contribution in [0.1, 0.15) is 186 Å². The van der Waals surface area contributed by atoms with Gasteiger partial charge in [0.25, 0.3) is 0 Å². The summed E-state index contributed by atoms with van der Waals surface area (Å²) in [7, 11) is 0. The molecule has 8 heterocycles. The van der Waals surface area contributed by atoms with Crippen LogP contribution in [0.25, 0.3) is 0 Å². The van der Waals surface area contributed by atoms with E-state index < -0.39 is 365 Å². The summed E-state index contributed by atoms with van der Waals surface area (Å²) in [5, 5.41) is 245. The number of hydrogen-bond donors (Lipinski definition) is 22. The zero-order valence-corrected chi connectivity index (χ0v) is 79.3. The quantitative estimate of drug-likeness (QED) is 0.00933. The number of aliphatic hydroxyl groups is 21. The molecule has 786 valence electrons. The second-order valence-electron chi connectivity index (χ2n) is 42.5. The second-order valence-corrected chi connectivity index (χ2v) is 42.5. The summed E-state index contributed by atoms with van der Waals surface area (Å²) in [4.78, 5) is 72.1. The van der Waals surface area contributed by atoms with E-state index in [4.69, 9.17) is 85.3 Å². The van der Waals surface area contributed by atoms with Crippen molar-refractivity contribution >= 4 is 30.2 Å². The summed E-state index contributed by atoms with van der Waals surface area (Å²) in [5.74, 6) is -7.17. The Hall–Kier alpha value is -4.15. The Labute approximate surface area is 793 Å². The SMILES string of the molecule is CC[C@H](C)[C@H](C[C@H](O)CC(=O)OC1C(C)OC(OC(=O)[C@]23CCC(C)(C)CC2C2=CCC4[C@@]5(C)CC[C@H](OC6OC(C(=O)O)C(O)C(OC7OCC(O)C(O)C7O)C6OC6OC(CO)C(O)C(O)C6O)[C@@](C)(C=O)C5CC[C@@]4(C)[C@]2(C)C[C@H]3O)C(OC2OC(C)C(OC3OCC(O)C(OC4CC(O)(CO)CO4)C3O)C(O)C2O)C1O)OC(=O)C[C@@H](O)C[C@H](OC1OC(CO)C(O)C1O)[C@@H](C)CC. The van der Waals surface area contributed by atoms with Gasteiger partial charge >= 0.3 is 23.9 Å². The van der Waals surface area contributed by atoms with Crippen LogP contribution in [0.2, 0.25) is 0 Å². The molecule has 0 spiro atoms. The van der Waals surface area contributed by atoms with E-state index in [1.165, 1.54) is 13.8 Å². The van der Waals surface area contributed by atoms with Crippen LogP contribution in [0, 0.1) is 62.1 Å². The van der Waals surface area contributed by atoms with Crippen molar-refractivity contribution in [3.05, 3.63) is 11.6 Å². The van der Waals surface area contributed by atoms with Gasteiger partial charge in [0.1, 0.15) is 145 Å². The fourth-order valence-corrected chi connectivity index (χ4v) is 24.1. The van der Waals surface area contributed by atoms with Gasteiger partial charge < -0.3 is 202 Å². The summed E-state index contributed by atoms with van der Waals surface area (Å²) < 4.78 is 109. The highest BCUT2D eigenvalue weighted by molar-refractivity contribution is 5.80. The number of carbonyl (C=O) groups is 5. The van der Waals surface area contributed by atoms with Gasteiger partial charge in [-0.15, -0.1) is 0 Å². The van der Waals surface area contributed by atoms with E-state index in [-0.39, 0.29) is 57.0 Å². The van der Waals surface area contributed by atoms with Crippen molar-refractivity contribution in [3.8, 4) is 0 Å². The topological polar surface area (TPSA) is 697 Å². The van der Waals surface area contributed by atoms with Crippen LogP contribution >= 0.6 is 0 Å². The van der Waals surface area contributed by atoms with Gasteiger partial charge in [-0.05, 0) is 123 Å². The predicted octanol–water partition coefficient (Wildman–Crippen LogP) is -4.66. The lowest BCUT2D eigenvalue weighted by Crippen LogP contribution is -2.69. The third-order valence-corrected chi connectivity index (χ3v) is 33.1. The molecule has 4 saturated carbocycles. The van der Waals surface area contributed by atoms with Crippen molar-refractivity contribution in [2.24, 2.45) is 62.1 Å². The third kappa shape index (κ3) is 21.7. The van der Waals surface area contributed by atoms with Crippen LogP contribution in [-0.2, 0) is 109 Å². The Bertz CT molecular complexity index is 4060. The Balaban J connectivity index is 0.746. The number of allylic oxidation sites excluding steroid dienone is 2. The molecule has 0 radical (unpaired) electrons. The number of carbonyl (C=O) groups excluding carboxylic acids is 4. The van der Waals surface area contributed by atoms with E-state index in [9.17, 15) is 132 Å². The zero-order chi connectivity index (χ0) is 100. The molecule has 8 aliphatic heterocycles. The normalized spacial score (nSPS) is 48.5. The maximum absolute atomic E-state index is 16.4. The first-order valence-electron chi connectivity index (χ1n) is 48.2. The van der Waals surface area contributed by atoms with E-state index in [1.807, 2.05) is 27.7 Å². The highest BCUT2D eigenvalue weighted by Gasteiger charge is 2.74. The molecule has 0 bridgehead atoms. The number of aldehydes is 1. The number of carboxylic acids is 1. The van der Waals surface area contributed by atoms with Gasteiger partial charge in [-0.3, -0.25) is 14.4 Å². The average Bonchev–Trinajstić information content (AvgIpc) is 1.63. The number of hydrogen-bond acceptors (Lipinski definition) is 44. The van der Waals surface area contributed by atoms with E-state index in [1.54, 1.807) is 20.8 Å². The van der Waals surface area contributed by atoms with E-state index in [0.717, 1.165) is 11.9 Å². The molecule has 13 aliphatic rings. The van der Waals surface area contributed by atoms with Crippen molar-refractivity contribution in [2.75, 3.05) is 39.6 Å². The van der Waals surface area contributed by atoms with Gasteiger partial charge in [-0.2, -0.15) is 0 Å². The molecule has 22 N–H and O–H groups in total. The van der Waals surface area contributed by atoms with Crippen molar-refractivity contribution in [1.82, 2.24) is 0 Å². The maximum Gasteiger partial charge on any atom is 0.335 e. The minimum Gasteiger partial charge on any atom is -0.479 e. The molecule has 0 aromatic heterocycles. The molecule has 5 aliphatic carbocycles. The lowest BCUT2D eigenvalue weighted by molar-refractivity contribution is -0.391. The molecule has 13 rings (SSSR count). The summed E-state index contributed by atoms with van der Waals surface area (Å²) in [6.07, 6.45) is -63.3. The first-order valence-corrected chi connectivity index (χ1v) is 48.2. The monoisotopic (exact) mass is 1970 g/mol. The van der Waals surface area contributed by atoms with E-state index in [2.05, 4.69) is 26.8 Å². The number of aliphatic carboxylic acids is 1. The Morgan fingerprint density at radius 1 is 0.511 bits per heavy atom. The predicted molar refractivity (Wildman–Crippen MR) is 457 cm³/mol. The molecule has 8 saturated heterocycles. The van der Waals surface area contributed by atoms with Gasteiger partial charge in [0.05, 0.1) is 101 Å². The molecule has 12 fully saturated rings. The molecule has 0 aromatic carbocycles. The molecule has 0 amide bonds. The van der Waals surface area contributed by atoms with Crippen molar-refractivity contribution in [1.29, 1.82) is 0 Å². The smallest absolute Gasteiger partial charge is 0.335 e. The number of carboxylic acid groups (broad SMARTS) is 1. The van der Waals surface area contributed by atoms with Gasteiger partial charge in [0.2, 0.25) is 6.29 Å². The number of esters is 3. The second kappa shape index (κ2) is 43.9. The lowest BCUT2D eigenvalue weighted by atomic mass is 9.33. The molecule has 37 unspecified atom stereocenters. The van der Waals surface area contributed by atoms with E-state index >= 15 is 4.79 Å². The summed E-state index contributed by atoms with van der Waals surface area (Å²) in [5.41, 5.74) is -7.14. The van der Waals surface area contributed by atoms with E-state index in [0.29, 0.717) is 51.4 Å². The molecule has 0 aromatic rings. The fourth-order valence-electron chi connectivity index (χ4n) is 24.1. The van der Waals surface area contributed by atoms with Crippen molar-refractivity contribution in [3.63, 3.8) is 0 Å². The fraction of sp³-hybridized carbons (Fsp3) is 0.924. The number of rotatable bonds is 35. The number of aliphatic hydroxyl groups excluding tert-OH is 20. The molecule has 45 nitrogen and oxygen atoms in total. The maximum atomic E-state index is 16.4. The minimum absolute atomic E-state index is 0.0246. The molecule has 137 heavy (non-hydrogen) atoms. The zero-order valence-electron chi connectivity index (χ0n) is 79.3. The minimum atomic E-state index is -2.26. The van der Waals surface area contributed by atoms with Crippen LogP contribution in [0.3, 0.4) is 0 Å². The first-order chi connectivity index (χ1) is 64.3. The standard InChI is InChI=1S/C92H148O45/c1-13-37(3)47(125-55(102)25-42(98)24-48(38(4)14-2)126-81-64(110)60(106)50(31-94)127-81)23-41(97)26-56(103)130-71-40(6)124-83(75(67(71)113)135-80-66(112)62(108)70(39(5)123-80)132-79-69(115)72(46(100)33-121-79)131-57-29-91(119,35-96)36-122-57)137-85(118)92-22-21-86(7,8)27-44(92)43-15-16-52-87(9)19-18-54(88(10,34-95)51(87)17-20-89(52,11)90(43,12)28-53(92)101)129-84-76(136-82-65(111)61(107)59(105)49(30-93)128-82)73(68(114)74(134-84)77(116)117)133-78-63(109)58(104)45(99)32-120-78/h15,34,37-42,44-54,57-76,78-84,93-94,96-101,104-115,119H,13-14,16-33,35-36H2,1-12H3,(H,116,117)/t37-,38-,39?,40?,41-,42-,44?,45?,46?,47-,48-,49?,50?,51?,52?,53+,54-,57?,58?,59?,60?,61?,62?,63?,64?,65?,66?,67?,68?,69?,70?,71?,72?,73?,74?,75?,76?,78?,79?,80?,81?,82?,83?,84?,87-,88-,89+,90+,91?,92+/m0/s1. The average molecular weight is 1970 g/mol. The number of ether oxygens (including phenoxy) is 18. The number of fused-ring (bicyclic) bond motifs is 7. The lowest BCUT2D eigenvalue weighted by Gasteiger charge is -2.71. The Kier molecular flexibility index (Phi) is 35.2. The van der Waals surface area contributed by atoms with Crippen LogP contribution in [0.15, 0.2) is 11.6 Å². The Morgan fingerprint density at radius 3 is 1.71 bits per heavy atom. The summed E-state index contributed by atoms with van der Waals surface area (Å²) in [6, 6.07) is 0. The van der Waals surface area contributed by atoms with Crippen LogP contribution < -0.4 is 0 Å². The summed E-state index contributed by atoms with van der Waals surface area (Å²) in [6.45, 7) is 18.3. The highest BCUT2D eigenvalue weighted by Crippen LogP contribution is 2.76. The third-order valence-electron chi connectivity index (χ3n) is 33.1. The molecular weight excluding hydrogens is 1820 g/mol. The van der Waals surface area contributed by atoms with Crippen molar-refractivity contribution < 1.29 is 222 Å².